The van der Waals surface area contributed by atoms with E-state index in [0.29, 0.717) is 17.4 Å². The lowest BCUT2D eigenvalue weighted by Crippen LogP contribution is -2.17. The standard InChI is InChI=1S/C20H22ClN3O3S/c1-2-22-11-4-14-27-19-15-17(24-13-3-12-23-24)7-10-20(19)28(25,26)18-8-5-16(21)6-9-18/h3,5-10,12-13,15,22H,2,4,11,14H2,1H3. The van der Waals surface area contributed by atoms with Crippen LogP contribution in [0.4, 0.5) is 0 Å². The second-order valence-electron chi connectivity index (χ2n) is 6.09. The molecule has 0 fully saturated rings. The van der Waals surface area contributed by atoms with Crippen LogP contribution < -0.4 is 10.1 Å². The quantitative estimate of drug-likeness (QED) is 0.535. The van der Waals surface area contributed by atoms with Crippen molar-refractivity contribution >= 4 is 21.4 Å². The second-order valence-corrected chi connectivity index (χ2v) is 8.45. The number of aromatic nitrogens is 2. The number of nitrogens with one attached hydrogen (secondary N) is 1. The van der Waals surface area contributed by atoms with Crippen LogP contribution in [0, 0.1) is 0 Å². The van der Waals surface area contributed by atoms with Crippen LogP contribution in [0.2, 0.25) is 5.02 Å². The van der Waals surface area contributed by atoms with E-state index < -0.39 is 9.84 Å². The van der Waals surface area contributed by atoms with Crippen molar-refractivity contribution in [1.82, 2.24) is 15.1 Å². The summed E-state index contributed by atoms with van der Waals surface area (Å²) >= 11 is 5.89. The minimum Gasteiger partial charge on any atom is -0.492 e. The van der Waals surface area contributed by atoms with Crippen molar-refractivity contribution in [2.24, 2.45) is 0 Å². The smallest absolute Gasteiger partial charge is 0.210 e. The molecule has 0 atom stereocenters. The van der Waals surface area contributed by atoms with Crippen LogP contribution in [-0.2, 0) is 9.84 Å². The molecule has 2 aromatic carbocycles. The van der Waals surface area contributed by atoms with Crippen molar-refractivity contribution in [3.8, 4) is 11.4 Å². The van der Waals surface area contributed by atoms with E-state index in [1.165, 1.54) is 12.1 Å². The van der Waals surface area contributed by atoms with Crippen molar-refractivity contribution in [1.29, 1.82) is 0 Å². The van der Waals surface area contributed by atoms with E-state index in [1.807, 2.05) is 6.92 Å². The molecule has 8 heteroatoms. The van der Waals surface area contributed by atoms with Gasteiger partial charge in [-0.15, -0.1) is 0 Å². The van der Waals surface area contributed by atoms with E-state index in [1.54, 1.807) is 53.5 Å². The average molecular weight is 420 g/mol. The first kappa shape index (κ1) is 20.4. The highest BCUT2D eigenvalue weighted by Crippen LogP contribution is 2.32. The number of halogens is 1. The number of hydrogen-bond donors (Lipinski definition) is 1. The zero-order valence-corrected chi connectivity index (χ0v) is 17.1. The van der Waals surface area contributed by atoms with Crippen molar-refractivity contribution in [3.05, 3.63) is 65.9 Å². The zero-order chi connectivity index (χ0) is 20.0. The predicted octanol–water partition coefficient (Wildman–Crippen LogP) is 3.74. The van der Waals surface area contributed by atoms with E-state index in [2.05, 4.69) is 10.4 Å². The summed E-state index contributed by atoms with van der Waals surface area (Å²) in [7, 11) is -3.75. The minimum absolute atomic E-state index is 0.120. The van der Waals surface area contributed by atoms with Crippen molar-refractivity contribution in [3.63, 3.8) is 0 Å². The van der Waals surface area contributed by atoms with Gasteiger partial charge in [0.1, 0.15) is 10.6 Å². The summed E-state index contributed by atoms with van der Waals surface area (Å²) in [4.78, 5) is 0.287. The maximum absolute atomic E-state index is 13.1. The Morgan fingerprint density at radius 2 is 1.96 bits per heavy atom. The predicted molar refractivity (Wildman–Crippen MR) is 109 cm³/mol. The molecule has 1 aromatic heterocycles. The Bertz CT molecular complexity index is 1000. The lowest BCUT2D eigenvalue weighted by Gasteiger charge is -2.14. The third-order valence-corrected chi connectivity index (χ3v) is 6.18. The molecule has 0 aliphatic rings. The maximum Gasteiger partial charge on any atom is 0.210 e. The third-order valence-electron chi connectivity index (χ3n) is 4.12. The molecule has 6 nitrogen and oxygen atoms in total. The van der Waals surface area contributed by atoms with Gasteiger partial charge in [0.25, 0.3) is 0 Å². The molecule has 0 unspecified atom stereocenters. The highest BCUT2D eigenvalue weighted by Gasteiger charge is 2.23. The summed E-state index contributed by atoms with van der Waals surface area (Å²) in [6.07, 6.45) is 4.22. The monoisotopic (exact) mass is 419 g/mol. The topological polar surface area (TPSA) is 73.2 Å². The van der Waals surface area contributed by atoms with Gasteiger partial charge < -0.3 is 10.1 Å². The third kappa shape index (κ3) is 4.73. The number of ether oxygens (including phenoxy) is 1. The summed E-state index contributed by atoms with van der Waals surface area (Å²) < 4.78 is 33.8. The van der Waals surface area contributed by atoms with Crippen molar-refractivity contribution < 1.29 is 13.2 Å². The van der Waals surface area contributed by atoms with E-state index in [9.17, 15) is 8.42 Å². The fourth-order valence-corrected chi connectivity index (χ4v) is 4.20. The Balaban J connectivity index is 1.95. The Hall–Kier alpha value is -2.35. The molecule has 1 N–H and O–H groups in total. The first-order valence-electron chi connectivity index (χ1n) is 9.00. The van der Waals surface area contributed by atoms with Gasteiger partial charge in [0.15, 0.2) is 0 Å². The number of sulfone groups is 1. The number of hydrogen-bond acceptors (Lipinski definition) is 5. The summed E-state index contributed by atoms with van der Waals surface area (Å²) in [5.41, 5.74) is 0.724. The van der Waals surface area contributed by atoms with Gasteiger partial charge in [-0.05, 0) is 62.0 Å². The molecular formula is C20H22ClN3O3S. The van der Waals surface area contributed by atoms with E-state index in [4.69, 9.17) is 16.3 Å². The molecule has 3 rings (SSSR count). The lowest BCUT2D eigenvalue weighted by atomic mass is 10.3. The molecule has 148 valence electrons. The minimum atomic E-state index is -3.75. The Morgan fingerprint density at radius 3 is 2.64 bits per heavy atom. The van der Waals surface area contributed by atoms with Gasteiger partial charge in [0.2, 0.25) is 9.84 Å². The van der Waals surface area contributed by atoms with Gasteiger partial charge in [-0.2, -0.15) is 5.10 Å². The fourth-order valence-electron chi connectivity index (χ4n) is 2.69. The van der Waals surface area contributed by atoms with Gasteiger partial charge in [0, 0.05) is 23.5 Å². The highest BCUT2D eigenvalue weighted by atomic mass is 35.5. The van der Waals surface area contributed by atoms with Gasteiger partial charge >= 0.3 is 0 Å². The van der Waals surface area contributed by atoms with Crippen molar-refractivity contribution in [2.45, 2.75) is 23.1 Å². The van der Waals surface area contributed by atoms with Crippen LogP contribution in [0.3, 0.4) is 0 Å². The van der Waals surface area contributed by atoms with Gasteiger partial charge in [-0.1, -0.05) is 18.5 Å². The van der Waals surface area contributed by atoms with E-state index in [-0.39, 0.29) is 9.79 Å². The molecule has 0 aliphatic carbocycles. The molecule has 0 amide bonds. The second kappa shape index (κ2) is 9.23. The number of benzene rings is 2. The molecule has 28 heavy (non-hydrogen) atoms. The molecule has 0 aliphatic heterocycles. The van der Waals surface area contributed by atoms with Crippen LogP contribution in [0.15, 0.2) is 70.7 Å². The summed E-state index contributed by atoms with van der Waals surface area (Å²) in [6.45, 7) is 4.11. The number of nitrogens with zero attached hydrogens (tertiary/aromatic N) is 2. The van der Waals surface area contributed by atoms with Gasteiger partial charge in [-0.25, -0.2) is 13.1 Å². The largest absolute Gasteiger partial charge is 0.492 e. The average Bonchev–Trinajstić information content (AvgIpc) is 3.23. The maximum atomic E-state index is 13.1. The molecule has 0 saturated carbocycles. The van der Waals surface area contributed by atoms with Gasteiger partial charge in [-0.3, -0.25) is 0 Å². The summed E-state index contributed by atoms with van der Waals surface area (Å²) in [6, 6.07) is 12.9. The normalized spacial score (nSPS) is 11.5. The first-order chi connectivity index (χ1) is 13.5. The van der Waals surface area contributed by atoms with E-state index in [0.717, 1.165) is 25.2 Å². The zero-order valence-electron chi connectivity index (χ0n) is 15.5. The highest BCUT2D eigenvalue weighted by molar-refractivity contribution is 7.91. The SMILES string of the molecule is CCNCCCOc1cc(-n2cccn2)ccc1S(=O)(=O)c1ccc(Cl)cc1. The molecule has 0 bridgehead atoms. The molecule has 0 saturated heterocycles. The molecular weight excluding hydrogens is 398 g/mol. The van der Waals surface area contributed by atoms with Crippen LogP contribution >= 0.6 is 11.6 Å². The van der Waals surface area contributed by atoms with Crippen molar-refractivity contribution in [2.75, 3.05) is 19.7 Å². The fraction of sp³-hybridized carbons (Fsp3) is 0.250. The first-order valence-corrected chi connectivity index (χ1v) is 10.9. The Kier molecular flexibility index (Phi) is 6.72. The summed E-state index contributed by atoms with van der Waals surface area (Å²) in [5, 5.41) is 7.89. The summed E-state index contributed by atoms with van der Waals surface area (Å²) in [5.74, 6) is 0.305. The molecule has 0 spiro atoms. The molecule has 0 radical (unpaired) electrons. The van der Waals surface area contributed by atoms with Crippen LogP contribution in [-0.4, -0.2) is 37.9 Å². The van der Waals surface area contributed by atoms with Gasteiger partial charge in [0.05, 0.1) is 17.2 Å². The molecule has 1 heterocycles. The lowest BCUT2D eigenvalue weighted by molar-refractivity contribution is 0.301. The Morgan fingerprint density at radius 1 is 1.18 bits per heavy atom. The van der Waals surface area contributed by atoms with E-state index >= 15 is 0 Å². The van der Waals surface area contributed by atoms with Crippen LogP contribution in [0.5, 0.6) is 5.75 Å². The molecule has 3 aromatic rings. The number of rotatable bonds is 9. The van der Waals surface area contributed by atoms with Crippen LogP contribution in [0.1, 0.15) is 13.3 Å². The van der Waals surface area contributed by atoms with Crippen LogP contribution in [0.25, 0.3) is 5.69 Å². The Labute approximate surface area is 170 Å².